The van der Waals surface area contributed by atoms with E-state index in [4.69, 9.17) is 13.9 Å². The average Bonchev–Trinajstić information content (AvgIpc) is 2.99. The van der Waals surface area contributed by atoms with Crippen molar-refractivity contribution in [2.24, 2.45) is 5.10 Å². The van der Waals surface area contributed by atoms with Crippen molar-refractivity contribution >= 4 is 6.21 Å². The molecule has 0 amide bonds. The van der Waals surface area contributed by atoms with Gasteiger partial charge < -0.3 is 19.3 Å². The van der Waals surface area contributed by atoms with E-state index in [0.717, 1.165) is 23.5 Å². The lowest BCUT2D eigenvalue weighted by Gasteiger charge is -2.09. The number of nitrogens with one attached hydrogen (secondary N) is 1. The number of benzene rings is 1. The van der Waals surface area contributed by atoms with E-state index in [1.165, 1.54) is 0 Å². The predicted molar refractivity (Wildman–Crippen MR) is 82.1 cm³/mol. The Bertz CT molecular complexity index is 605. The van der Waals surface area contributed by atoms with E-state index >= 15 is 0 Å². The van der Waals surface area contributed by atoms with Crippen LogP contribution in [0.4, 0.5) is 0 Å². The van der Waals surface area contributed by atoms with Gasteiger partial charge in [0.15, 0.2) is 11.5 Å². The molecule has 0 aliphatic carbocycles. The van der Waals surface area contributed by atoms with E-state index in [0.29, 0.717) is 18.0 Å². The van der Waals surface area contributed by atoms with Crippen LogP contribution in [0, 0.1) is 0 Å². The molecule has 1 aromatic heterocycles. The molecule has 0 aliphatic rings. The SMILES string of the molecule is CCc1ccc(/C=N\NCc2ccc(OC)c(OC)c2)o1. The average molecular weight is 288 g/mol. The molecule has 1 aromatic carbocycles. The van der Waals surface area contributed by atoms with Crippen LogP contribution in [0.1, 0.15) is 24.0 Å². The normalized spacial score (nSPS) is 10.8. The number of nitrogens with zero attached hydrogens (tertiary/aromatic N) is 1. The van der Waals surface area contributed by atoms with Gasteiger partial charge in [-0.1, -0.05) is 13.0 Å². The predicted octanol–water partition coefficient (Wildman–Crippen LogP) is 2.98. The minimum absolute atomic E-state index is 0.595. The van der Waals surface area contributed by atoms with Crippen molar-refractivity contribution in [2.75, 3.05) is 14.2 Å². The molecule has 0 atom stereocenters. The van der Waals surface area contributed by atoms with Crippen LogP contribution >= 0.6 is 0 Å². The lowest BCUT2D eigenvalue weighted by Crippen LogP contribution is -2.05. The number of hydrogen-bond donors (Lipinski definition) is 1. The number of hydrogen-bond acceptors (Lipinski definition) is 5. The lowest BCUT2D eigenvalue weighted by molar-refractivity contribution is 0.354. The summed E-state index contributed by atoms with van der Waals surface area (Å²) in [4.78, 5) is 0. The Kier molecular flexibility index (Phi) is 5.26. The zero-order valence-electron chi connectivity index (χ0n) is 12.6. The van der Waals surface area contributed by atoms with Crippen LogP contribution in [0.5, 0.6) is 11.5 Å². The lowest BCUT2D eigenvalue weighted by atomic mass is 10.2. The Morgan fingerprint density at radius 2 is 1.95 bits per heavy atom. The fourth-order valence-corrected chi connectivity index (χ4v) is 1.89. The van der Waals surface area contributed by atoms with Crippen LogP contribution < -0.4 is 14.9 Å². The van der Waals surface area contributed by atoms with Gasteiger partial charge in [0.05, 0.1) is 27.0 Å². The molecule has 1 N–H and O–H groups in total. The van der Waals surface area contributed by atoms with Gasteiger partial charge in [-0.3, -0.25) is 0 Å². The molecule has 112 valence electrons. The summed E-state index contributed by atoms with van der Waals surface area (Å²) in [6.07, 6.45) is 2.55. The third-order valence-corrected chi connectivity index (χ3v) is 3.05. The molecule has 0 saturated carbocycles. The third-order valence-electron chi connectivity index (χ3n) is 3.05. The van der Waals surface area contributed by atoms with E-state index in [-0.39, 0.29) is 0 Å². The summed E-state index contributed by atoms with van der Waals surface area (Å²) in [7, 11) is 3.24. The van der Waals surface area contributed by atoms with E-state index in [1.54, 1.807) is 20.4 Å². The summed E-state index contributed by atoms with van der Waals surface area (Å²) >= 11 is 0. The Hall–Kier alpha value is -2.43. The van der Waals surface area contributed by atoms with Gasteiger partial charge in [-0.2, -0.15) is 5.10 Å². The zero-order valence-corrected chi connectivity index (χ0v) is 12.6. The van der Waals surface area contributed by atoms with Crippen LogP contribution in [0.2, 0.25) is 0 Å². The second-order valence-electron chi connectivity index (χ2n) is 4.44. The van der Waals surface area contributed by atoms with Crippen molar-refractivity contribution in [3.8, 4) is 11.5 Å². The zero-order chi connectivity index (χ0) is 15.1. The number of furan rings is 1. The number of rotatable bonds is 7. The number of hydrazone groups is 1. The Labute approximate surface area is 124 Å². The first kappa shape index (κ1) is 15.0. The molecule has 0 saturated heterocycles. The summed E-state index contributed by atoms with van der Waals surface area (Å²) in [6.45, 7) is 2.65. The highest BCUT2D eigenvalue weighted by molar-refractivity contribution is 5.75. The molecule has 0 aliphatic heterocycles. The molecule has 0 radical (unpaired) electrons. The van der Waals surface area contributed by atoms with Gasteiger partial charge in [0.25, 0.3) is 0 Å². The minimum atomic E-state index is 0.595. The van der Waals surface area contributed by atoms with Gasteiger partial charge in [0.2, 0.25) is 0 Å². The molecule has 5 heteroatoms. The van der Waals surface area contributed by atoms with E-state index in [2.05, 4.69) is 17.5 Å². The quantitative estimate of drug-likeness (QED) is 0.628. The highest BCUT2D eigenvalue weighted by atomic mass is 16.5. The summed E-state index contributed by atoms with van der Waals surface area (Å²) in [5.41, 5.74) is 4.03. The van der Waals surface area contributed by atoms with Gasteiger partial charge in [0, 0.05) is 6.42 Å². The fourth-order valence-electron chi connectivity index (χ4n) is 1.89. The van der Waals surface area contributed by atoms with E-state index < -0.39 is 0 Å². The van der Waals surface area contributed by atoms with E-state index in [9.17, 15) is 0 Å². The first-order valence-electron chi connectivity index (χ1n) is 6.82. The van der Waals surface area contributed by atoms with Crippen LogP contribution in [-0.4, -0.2) is 20.4 Å². The van der Waals surface area contributed by atoms with Crippen molar-refractivity contribution in [3.63, 3.8) is 0 Å². The topological polar surface area (TPSA) is 56.0 Å². The maximum Gasteiger partial charge on any atom is 0.161 e. The molecule has 0 fully saturated rings. The monoisotopic (exact) mass is 288 g/mol. The van der Waals surface area contributed by atoms with Crippen molar-refractivity contribution in [3.05, 3.63) is 47.4 Å². The minimum Gasteiger partial charge on any atom is -0.493 e. The largest absolute Gasteiger partial charge is 0.493 e. The van der Waals surface area contributed by atoms with Crippen molar-refractivity contribution in [1.82, 2.24) is 5.43 Å². The molecule has 1 heterocycles. The molecule has 2 rings (SSSR count). The number of aryl methyl sites for hydroxylation is 1. The standard InChI is InChI=1S/C16H20N2O3/c1-4-13-6-7-14(21-13)11-18-17-10-12-5-8-15(19-2)16(9-12)20-3/h5-9,11,17H,4,10H2,1-3H3/b18-11-. The maximum absolute atomic E-state index is 5.53. The molecule has 5 nitrogen and oxygen atoms in total. The first-order valence-corrected chi connectivity index (χ1v) is 6.82. The molecule has 0 bridgehead atoms. The molecule has 21 heavy (non-hydrogen) atoms. The Morgan fingerprint density at radius 1 is 1.14 bits per heavy atom. The van der Waals surface area contributed by atoms with Crippen LogP contribution in [0.15, 0.2) is 39.9 Å². The van der Waals surface area contributed by atoms with Crippen molar-refractivity contribution < 1.29 is 13.9 Å². The highest BCUT2D eigenvalue weighted by Gasteiger charge is 2.03. The first-order chi connectivity index (χ1) is 10.3. The van der Waals surface area contributed by atoms with Gasteiger partial charge in [-0.15, -0.1) is 0 Å². The second kappa shape index (κ2) is 7.38. The third kappa shape index (κ3) is 4.02. The smallest absolute Gasteiger partial charge is 0.161 e. The summed E-state index contributed by atoms with van der Waals surface area (Å²) in [6, 6.07) is 9.62. The van der Waals surface area contributed by atoms with Crippen molar-refractivity contribution in [1.29, 1.82) is 0 Å². The van der Waals surface area contributed by atoms with Crippen molar-refractivity contribution in [2.45, 2.75) is 19.9 Å². The summed E-state index contributed by atoms with van der Waals surface area (Å²) in [5, 5.41) is 4.14. The van der Waals surface area contributed by atoms with E-state index in [1.807, 2.05) is 30.3 Å². The molecule has 2 aromatic rings. The molecule has 0 spiro atoms. The van der Waals surface area contributed by atoms with Crippen LogP contribution in [-0.2, 0) is 13.0 Å². The molecule has 0 unspecified atom stereocenters. The fraction of sp³-hybridized carbons (Fsp3) is 0.312. The maximum atomic E-state index is 5.53. The van der Waals surface area contributed by atoms with Crippen LogP contribution in [0.3, 0.4) is 0 Å². The molecular formula is C16H20N2O3. The van der Waals surface area contributed by atoms with Gasteiger partial charge in [0.1, 0.15) is 11.5 Å². The van der Waals surface area contributed by atoms with Gasteiger partial charge in [-0.25, -0.2) is 0 Å². The number of ether oxygens (including phenoxy) is 2. The van der Waals surface area contributed by atoms with Crippen LogP contribution in [0.25, 0.3) is 0 Å². The number of methoxy groups -OCH3 is 2. The summed E-state index contributed by atoms with van der Waals surface area (Å²) in [5.74, 6) is 3.12. The summed E-state index contributed by atoms with van der Waals surface area (Å²) < 4.78 is 16.0. The Morgan fingerprint density at radius 3 is 2.62 bits per heavy atom. The molecular weight excluding hydrogens is 268 g/mol. The Balaban J connectivity index is 1.91. The van der Waals surface area contributed by atoms with Gasteiger partial charge >= 0.3 is 0 Å². The highest BCUT2D eigenvalue weighted by Crippen LogP contribution is 2.27. The van der Waals surface area contributed by atoms with Gasteiger partial charge in [-0.05, 0) is 29.8 Å². The second-order valence-corrected chi connectivity index (χ2v) is 4.44.